The molecule has 3 amide bonds. The zero-order valence-electron chi connectivity index (χ0n) is 23.4. The number of carbonyl (C=O) groups is 3. The molecule has 0 radical (unpaired) electrons. The fourth-order valence-corrected chi connectivity index (χ4v) is 8.11. The van der Waals surface area contributed by atoms with Gasteiger partial charge in [0.2, 0.25) is 11.8 Å². The van der Waals surface area contributed by atoms with Gasteiger partial charge in [0.25, 0.3) is 0 Å². The molecule has 228 valence electrons. The summed E-state index contributed by atoms with van der Waals surface area (Å²) in [7, 11) is -3.94. The zero-order valence-corrected chi connectivity index (χ0v) is 25.0. The van der Waals surface area contributed by atoms with E-state index in [4.69, 9.17) is 4.74 Å². The first-order valence-electron chi connectivity index (χ1n) is 14.2. The van der Waals surface area contributed by atoms with E-state index in [1.807, 2.05) is 30.3 Å². The van der Waals surface area contributed by atoms with Gasteiger partial charge < -0.3 is 15.4 Å². The van der Waals surface area contributed by atoms with Crippen LogP contribution in [0.1, 0.15) is 41.5 Å². The van der Waals surface area contributed by atoms with Crippen LogP contribution in [-0.4, -0.2) is 49.1 Å². The van der Waals surface area contributed by atoms with Gasteiger partial charge in [-0.05, 0) is 55.0 Å². The minimum Gasteiger partial charge on any atom is -0.444 e. The quantitative estimate of drug-likeness (QED) is 0.213. The summed E-state index contributed by atoms with van der Waals surface area (Å²) < 4.78 is 47.8. The Hall–Kier alpha value is -4.36. The molecule has 10 nitrogen and oxygen atoms in total. The molecular weight excluding hydrogens is 607 g/mol. The molecule has 4 aromatic rings. The molecule has 0 saturated heterocycles. The monoisotopic (exact) mass is 636 g/mol. The molecule has 2 aliphatic carbocycles. The van der Waals surface area contributed by atoms with Gasteiger partial charge in [-0.15, -0.1) is 11.3 Å². The molecule has 3 N–H and O–H groups in total. The van der Waals surface area contributed by atoms with E-state index in [2.05, 4.69) is 20.9 Å². The number of halogens is 1. The summed E-state index contributed by atoms with van der Waals surface area (Å²) >= 11 is 0.989. The number of thiazole rings is 1. The van der Waals surface area contributed by atoms with E-state index < -0.39 is 38.2 Å². The number of rotatable bonds is 11. The molecule has 0 spiro atoms. The number of ether oxygens (including phenoxy) is 1. The van der Waals surface area contributed by atoms with Crippen molar-refractivity contribution in [2.24, 2.45) is 0 Å². The van der Waals surface area contributed by atoms with Gasteiger partial charge in [-0.25, -0.2) is 22.6 Å². The lowest BCUT2D eigenvalue weighted by Gasteiger charge is -2.15. The van der Waals surface area contributed by atoms with Crippen molar-refractivity contribution >= 4 is 55.0 Å². The second-order valence-electron chi connectivity index (χ2n) is 10.8. The standard InChI is InChI=1S/C31H29FN4O6S2/c32-24-15-25-26(14-23(24)19-7-4-8-21(13-19)35-31(39)42-17-18-5-2-1-3-6-18)43-30(36-25)28(44(40,41)22-11-12-22)29(38)33-16-27(37)34-20-9-10-20/h1-8,13-15,20,22,28H,9-12,16-17H2,(H,33,38)(H,34,37)(H,35,39). The number of fused-ring (bicyclic) bond motifs is 1. The van der Waals surface area contributed by atoms with Gasteiger partial charge in [-0.1, -0.05) is 42.5 Å². The third kappa shape index (κ3) is 6.89. The Morgan fingerprint density at radius 2 is 1.77 bits per heavy atom. The molecule has 3 aromatic carbocycles. The lowest BCUT2D eigenvalue weighted by molar-refractivity contribution is -0.126. The van der Waals surface area contributed by atoms with E-state index in [0.717, 1.165) is 29.7 Å². The highest BCUT2D eigenvalue weighted by molar-refractivity contribution is 7.93. The first kappa shape index (κ1) is 29.7. The molecule has 1 heterocycles. The van der Waals surface area contributed by atoms with E-state index in [-0.39, 0.29) is 41.2 Å². The van der Waals surface area contributed by atoms with Crippen LogP contribution >= 0.6 is 11.3 Å². The van der Waals surface area contributed by atoms with Gasteiger partial charge in [-0.3, -0.25) is 14.9 Å². The lowest BCUT2D eigenvalue weighted by atomic mass is 10.0. The average Bonchev–Trinajstić information content (AvgIpc) is 3.94. The summed E-state index contributed by atoms with van der Waals surface area (Å²) in [5, 5.41) is 5.59. The fraction of sp³-hybridized carbons (Fsp3) is 0.290. The van der Waals surface area contributed by atoms with Crippen LogP contribution in [-0.2, 0) is 30.8 Å². The number of amides is 3. The second-order valence-corrected chi connectivity index (χ2v) is 14.2. The molecule has 2 aliphatic rings. The van der Waals surface area contributed by atoms with Gasteiger partial charge in [0.15, 0.2) is 15.1 Å². The topological polar surface area (TPSA) is 144 Å². The van der Waals surface area contributed by atoms with Crippen molar-refractivity contribution < 1.29 is 31.9 Å². The van der Waals surface area contributed by atoms with Crippen LogP contribution < -0.4 is 16.0 Å². The number of benzene rings is 3. The molecule has 2 saturated carbocycles. The van der Waals surface area contributed by atoms with Crippen LogP contribution in [0, 0.1) is 5.82 Å². The number of carbonyl (C=O) groups excluding carboxylic acids is 3. The number of aromatic nitrogens is 1. The van der Waals surface area contributed by atoms with Crippen LogP contribution in [0.15, 0.2) is 66.7 Å². The predicted octanol–water partition coefficient (Wildman–Crippen LogP) is 4.86. The Balaban J connectivity index is 1.22. The Labute approximate surface area is 256 Å². The molecule has 0 aliphatic heterocycles. The fourth-order valence-electron chi connectivity index (χ4n) is 4.70. The number of hydrogen-bond donors (Lipinski definition) is 3. The first-order valence-corrected chi connectivity index (χ1v) is 16.6. The van der Waals surface area contributed by atoms with Crippen molar-refractivity contribution in [3.05, 3.63) is 83.1 Å². The third-order valence-electron chi connectivity index (χ3n) is 7.27. The van der Waals surface area contributed by atoms with Crippen LogP contribution in [0.5, 0.6) is 0 Å². The van der Waals surface area contributed by atoms with E-state index in [0.29, 0.717) is 28.8 Å². The lowest BCUT2D eigenvalue weighted by Crippen LogP contribution is -2.41. The van der Waals surface area contributed by atoms with E-state index >= 15 is 4.39 Å². The summed E-state index contributed by atoms with van der Waals surface area (Å²) in [4.78, 5) is 42.0. The molecule has 1 unspecified atom stereocenters. The smallest absolute Gasteiger partial charge is 0.411 e. The van der Waals surface area contributed by atoms with E-state index in [1.165, 1.54) is 6.07 Å². The Kier molecular flexibility index (Phi) is 8.32. The molecule has 6 rings (SSSR count). The van der Waals surface area contributed by atoms with Crippen molar-refractivity contribution in [2.45, 2.75) is 48.8 Å². The largest absolute Gasteiger partial charge is 0.444 e. The van der Waals surface area contributed by atoms with Gasteiger partial charge in [0.1, 0.15) is 17.4 Å². The maximum atomic E-state index is 15.4. The summed E-state index contributed by atoms with van der Waals surface area (Å²) in [6.07, 6.45) is 1.99. The molecular formula is C31H29FN4O6S2. The van der Waals surface area contributed by atoms with Crippen molar-refractivity contribution in [3.8, 4) is 11.1 Å². The van der Waals surface area contributed by atoms with E-state index in [1.54, 1.807) is 30.3 Å². The predicted molar refractivity (Wildman–Crippen MR) is 164 cm³/mol. The normalized spacial score (nSPS) is 15.4. The number of anilines is 1. The Morgan fingerprint density at radius 3 is 2.50 bits per heavy atom. The molecule has 1 aromatic heterocycles. The van der Waals surface area contributed by atoms with E-state index in [9.17, 15) is 22.8 Å². The second kappa shape index (κ2) is 12.3. The minimum atomic E-state index is -3.94. The molecule has 2 fully saturated rings. The number of sulfone groups is 1. The van der Waals surface area contributed by atoms with Crippen molar-refractivity contribution in [1.82, 2.24) is 15.6 Å². The number of hydrogen-bond acceptors (Lipinski definition) is 8. The Morgan fingerprint density at radius 1 is 1.00 bits per heavy atom. The summed E-state index contributed by atoms with van der Waals surface area (Å²) in [6, 6.07) is 18.6. The SMILES string of the molecule is O=C(CNC(=O)C(c1nc2cc(F)c(-c3cccc(NC(=O)OCc4ccccc4)c3)cc2s1)S(=O)(=O)C1CC1)NC1CC1. The molecule has 0 bridgehead atoms. The Bertz CT molecular complexity index is 1840. The summed E-state index contributed by atoms with van der Waals surface area (Å²) in [5.74, 6) is -1.83. The van der Waals surface area contributed by atoms with Crippen LogP contribution in [0.3, 0.4) is 0 Å². The maximum Gasteiger partial charge on any atom is 0.411 e. The van der Waals surface area contributed by atoms with Gasteiger partial charge >= 0.3 is 6.09 Å². The number of nitrogens with zero attached hydrogens (tertiary/aromatic N) is 1. The van der Waals surface area contributed by atoms with Crippen LogP contribution in [0.4, 0.5) is 14.9 Å². The summed E-state index contributed by atoms with van der Waals surface area (Å²) in [6.45, 7) is -0.256. The van der Waals surface area contributed by atoms with Crippen LogP contribution in [0.2, 0.25) is 0 Å². The van der Waals surface area contributed by atoms with Crippen molar-refractivity contribution in [3.63, 3.8) is 0 Å². The number of nitrogens with one attached hydrogen (secondary N) is 3. The zero-order chi connectivity index (χ0) is 30.8. The van der Waals surface area contributed by atoms with Crippen LogP contribution in [0.25, 0.3) is 21.3 Å². The molecule has 13 heteroatoms. The minimum absolute atomic E-state index is 0.0140. The first-order chi connectivity index (χ1) is 21.2. The molecule has 44 heavy (non-hydrogen) atoms. The van der Waals surface area contributed by atoms with Gasteiger partial charge in [-0.2, -0.15) is 0 Å². The summed E-state index contributed by atoms with van der Waals surface area (Å²) in [5.41, 5.74) is 2.10. The van der Waals surface area contributed by atoms with Crippen molar-refractivity contribution in [1.29, 1.82) is 0 Å². The highest BCUT2D eigenvalue weighted by Gasteiger charge is 2.47. The maximum absolute atomic E-state index is 15.4. The van der Waals surface area contributed by atoms with Gasteiger partial charge in [0, 0.05) is 23.4 Å². The third-order valence-corrected chi connectivity index (χ3v) is 11.0. The average molecular weight is 637 g/mol. The van der Waals surface area contributed by atoms with Crippen molar-refractivity contribution in [2.75, 3.05) is 11.9 Å². The highest BCUT2D eigenvalue weighted by atomic mass is 32.2. The molecule has 1 atom stereocenters. The van der Waals surface area contributed by atoms with Gasteiger partial charge in [0.05, 0.1) is 22.0 Å². The highest BCUT2D eigenvalue weighted by Crippen LogP contribution is 2.41.